The number of hydrogen-bond acceptors (Lipinski definition) is 9. The summed E-state index contributed by atoms with van der Waals surface area (Å²) in [4.78, 5) is 61.8. The predicted octanol–water partition coefficient (Wildman–Crippen LogP) is 2.53. The highest BCUT2D eigenvalue weighted by Gasteiger charge is 2.30. The number of rotatable bonds is 15. The lowest BCUT2D eigenvalue weighted by Crippen LogP contribution is -2.52. The summed E-state index contributed by atoms with van der Waals surface area (Å²) in [5, 5.41) is 4.92. The first-order valence-electron chi connectivity index (χ1n) is 12.4. The van der Waals surface area contributed by atoms with Crippen molar-refractivity contribution < 1.29 is 38.2 Å². The summed E-state index contributed by atoms with van der Waals surface area (Å²) < 4.78 is 15.4. The van der Waals surface area contributed by atoms with E-state index in [1.54, 1.807) is 41.5 Å². The zero-order valence-corrected chi connectivity index (χ0v) is 22.9. The smallest absolute Gasteiger partial charge is 0.329 e. The number of carbonyl (C=O) groups is 5. The molecular weight excluding hydrogens is 470 g/mol. The maximum atomic E-state index is 12.7. The van der Waals surface area contributed by atoms with Gasteiger partial charge >= 0.3 is 23.9 Å². The van der Waals surface area contributed by atoms with E-state index < -0.39 is 47.2 Å². The number of hydrogen-bond donors (Lipinski definition) is 3. The van der Waals surface area contributed by atoms with E-state index in [0.29, 0.717) is 19.4 Å². The van der Waals surface area contributed by atoms with Gasteiger partial charge in [-0.25, -0.2) is 14.4 Å². The molecule has 0 fully saturated rings. The van der Waals surface area contributed by atoms with E-state index in [-0.39, 0.29) is 31.5 Å². The number of urea groups is 1. The van der Waals surface area contributed by atoms with Crippen LogP contribution < -0.4 is 16.4 Å². The Balaban J connectivity index is 5.16. The van der Waals surface area contributed by atoms with Crippen LogP contribution in [0.1, 0.15) is 92.9 Å². The Morgan fingerprint density at radius 1 is 0.722 bits per heavy atom. The number of Topliss-reactive ketones (excluding diaryl/α,β-unsaturated/α-hetero) is 1. The van der Waals surface area contributed by atoms with Crippen molar-refractivity contribution in [3.8, 4) is 0 Å². The largest absolute Gasteiger partial charge is 0.467 e. The quantitative estimate of drug-likeness (QED) is 0.169. The lowest BCUT2D eigenvalue weighted by Gasteiger charge is -2.26. The minimum atomic E-state index is -1.17. The lowest BCUT2D eigenvalue weighted by molar-refractivity contribution is -0.158. The molecule has 11 nitrogen and oxygen atoms in total. The van der Waals surface area contributed by atoms with E-state index in [1.807, 2.05) is 0 Å². The predicted molar refractivity (Wildman–Crippen MR) is 134 cm³/mol. The molecule has 0 heterocycles. The van der Waals surface area contributed by atoms with E-state index in [2.05, 4.69) is 10.6 Å². The number of methoxy groups -OCH3 is 1. The number of carbonyl (C=O) groups excluding carboxylic acids is 5. The van der Waals surface area contributed by atoms with Crippen LogP contribution in [0, 0.1) is 0 Å². The van der Waals surface area contributed by atoms with Crippen LogP contribution in [0.3, 0.4) is 0 Å². The van der Waals surface area contributed by atoms with Gasteiger partial charge in [0.25, 0.3) is 0 Å². The fourth-order valence-electron chi connectivity index (χ4n) is 3.10. The van der Waals surface area contributed by atoms with Crippen molar-refractivity contribution in [2.24, 2.45) is 5.73 Å². The highest BCUT2D eigenvalue weighted by molar-refractivity contribution is 5.88. The van der Waals surface area contributed by atoms with Gasteiger partial charge in [0, 0.05) is 19.3 Å². The van der Waals surface area contributed by atoms with E-state index in [0.717, 1.165) is 12.8 Å². The first-order valence-corrected chi connectivity index (χ1v) is 12.4. The molecule has 0 aliphatic carbocycles. The summed E-state index contributed by atoms with van der Waals surface area (Å²) >= 11 is 0. The molecule has 2 amide bonds. The molecule has 0 radical (unpaired) electrons. The van der Waals surface area contributed by atoms with Crippen molar-refractivity contribution in [1.82, 2.24) is 10.6 Å². The number of ether oxygens (including phenoxy) is 3. The van der Waals surface area contributed by atoms with Crippen LogP contribution in [0.15, 0.2) is 0 Å². The molecule has 0 saturated carbocycles. The topological polar surface area (TPSA) is 163 Å². The van der Waals surface area contributed by atoms with Crippen molar-refractivity contribution in [1.29, 1.82) is 0 Å². The molecule has 0 aromatic carbocycles. The van der Waals surface area contributed by atoms with Gasteiger partial charge in [0.2, 0.25) is 0 Å². The average Bonchev–Trinajstić information content (AvgIpc) is 2.73. The zero-order valence-electron chi connectivity index (χ0n) is 22.9. The Morgan fingerprint density at radius 2 is 1.25 bits per heavy atom. The van der Waals surface area contributed by atoms with Gasteiger partial charge in [0.1, 0.15) is 29.1 Å². The number of ketones is 1. The number of nitrogens with one attached hydrogen (secondary N) is 2. The molecule has 0 aromatic rings. The zero-order chi connectivity index (χ0) is 27.9. The van der Waals surface area contributed by atoms with Crippen LogP contribution in [-0.4, -0.2) is 66.7 Å². The molecule has 0 aliphatic rings. The highest BCUT2D eigenvalue weighted by Crippen LogP contribution is 2.14. The molecule has 0 saturated heterocycles. The summed E-state index contributed by atoms with van der Waals surface area (Å²) in [6.45, 7) is 10.8. The van der Waals surface area contributed by atoms with E-state index >= 15 is 0 Å². The minimum absolute atomic E-state index is 0.0351. The van der Waals surface area contributed by atoms with Gasteiger partial charge in [-0.2, -0.15) is 0 Å². The van der Waals surface area contributed by atoms with Crippen molar-refractivity contribution >= 4 is 29.7 Å². The number of nitrogens with two attached hydrogens (primary N) is 1. The van der Waals surface area contributed by atoms with Crippen molar-refractivity contribution in [2.75, 3.05) is 13.7 Å². The number of esters is 3. The van der Waals surface area contributed by atoms with Crippen molar-refractivity contribution in [3.63, 3.8) is 0 Å². The molecule has 36 heavy (non-hydrogen) atoms. The molecule has 0 unspecified atom stereocenters. The maximum absolute atomic E-state index is 12.7. The van der Waals surface area contributed by atoms with Gasteiger partial charge < -0.3 is 30.6 Å². The summed E-state index contributed by atoms with van der Waals surface area (Å²) in [5.74, 6) is -2.02. The molecule has 4 N–H and O–H groups in total. The highest BCUT2D eigenvalue weighted by atomic mass is 16.6. The molecule has 0 aliphatic heterocycles. The lowest BCUT2D eigenvalue weighted by atomic mass is 10.0. The number of amides is 2. The van der Waals surface area contributed by atoms with Gasteiger partial charge in [-0.05, 0) is 73.8 Å². The van der Waals surface area contributed by atoms with E-state index in [4.69, 9.17) is 19.9 Å². The van der Waals surface area contributed by atoms with E-state index in [9.17, 15) is 24.0 Å². The fourth-order valence-corrected chi connectivity index (χ4v) is 3.10. The second-order valence-corrected chi connectivity index (χ2v) is 10.6. The van der Waals surface area contributed by atoms with Gasteiger partial charge in [-0.1, -0.05) is 6.42 Å². The standard InChI is InChI=1S/C25H45N3O8/c1-24(2,3)35-20(30)15-14-19(22(32)36-25(4,5)6)28-23(33)27-18(21(31)34-7)13-12-17(29)11-9-8-10-16-26/h18-19H,8-16,26H2,1-7H3,(H2,27,28,33)/t18-,19-/m0/s1. The molecule has 0 spiro atoms. The Hall–Kier alpha value is -2.69. The van der Waals surface area contributed by atoms with Gasteiger partial charge in [-0.15, -0.1) is 0 Å². The Kier molecular flexibility index (Phi) is 14.9. The molecule has 0 rings (SSSR count). The van der Waals surface area contributed by atoms with Crippen LogP contribution in [0.2, 0.25) is 0 Å². The van der Waals surface area contributed by atoms with Crippen LogP contribution in [0.5, 0.6) is 0 Å². The molecule has 0 bridgehead atoms. The third kappa shape index (κ3) is 16.9. The van der Waals surface area contributed by atoms with Crippen LogP contribution >= 0.6 is 0 Å². The SMILES string of the molecule is COC(=O)[C@H](CCC(=O)CCCCCN)NC(=O)N[C@@H](CCC(=O)OC(C)(C)C)C(=O)OC(C)(C)C. The first kappa shape index (κ1) is 33.3. The molecule has 208 valence electrons. The van der Waals surface area contributed by atoms with Crippen LogP contribution in [0.4, 0.5) is 4.79 Å². The van der Waals surface area contributed by atoms with Gasteiger partial charge in [-0.3, -0.25) is 9.59 Å². The third-order valence-corrected chi connectivity index (χ3v) is 4.72. The first-order chi connectivity index (χ1) is 16.6. The summed E-state index contributed by atoms with van der Waals surface area (Å²) in [6, 6.07) is -3.09. The summed E-state index contributed by atoms with van der Waals surface area (Å²) in [7, 11) is 1.17. The second kappa shape index (κ2) is 16.1. The van der Waals surface area contributed by atoms with Crippen molar-refractivity contribution in [3.05, 3.63) is 0 Å². The molecule has 2 atom stereocenters. The third-order valence-electron chi connectivity index (χ3n) is 4.72. The monoisotopic (exact) mass is 515 g/mol. The molecule has 11 heteroatoms. The summed E-state index contributed by atoms with van der Waals surface area (Å²) in [5.41, 5.74) is 3.93. The molecule has 0 aromatic heterocycles. The molecular formula is C25H45N3O8. The van der Waals surface area contributed by atoms with Crippen LogP contribution in [0.25, 0.3) is 0 Å². The fraction of sp³-hybridized carbons (Fsp3) is 0.800. The maximum Gasteiger partial charge on any atom is 0.329 e. The minimum Gasteiger partial charge on any atom is -0.467 e. The van der Waals surface area contributed by atoms with Crippen LogP contribution in [-0.2, 0) is 33.4 Å². The van der Waals surface area contributed by atoms with Gasteiger partial charge in [0.15, 0.2) is 0 Å². The Bertz CT molecular complexity index is 741. The van der Waals surface area contributed by atoms with Crippen molar-refractivity contribution in [2.45, 2.75) is 116 Å². The normalized spacial score (nSPS) is 13.2. The van der Waals surface area contributed by atoms with E-state index in [1.165, 1.54) is 7.11 Å². The Labute approximate surface area is 214 Å². The number of unbranched alkanes of at least 4 members (excludes halogenated alkanes) is 2. The van der Waals surface area contributed by atoms with Gasteiger partial charge in [0.05, 0.1) is 7.11 Å². The Morgan fingerprint density at radius 3 is 1.75 bits per heavy atom. The second-order valence-electron chi connectivity index (χ2n) is 10.6. The summed E-state index contributed by atoms with van der Waals surface area (Å²) in [6.07, 6.45) is 2.68. The average molecular weight is 516 g/mol.